The van der Waals surface area contributed by atoms with E-state index in [1.165, 1.54) is 10.4 Å². The maximum Gasteiger partial charge on any atom is 0.221 e. The number of nitrogens with zero attached hydrogens (tertiary/aromatic N) is 1. The van der Waals surface area contributed by atoms with Crippen LogP contribution in [0.2, 0.25) is 0 Å². The zero-order valence-electron chi connectivity index (χ0n) is 14.1. The van der Waals surface area contributed by atoms with Crippen molar-refractivity contribution in [1.82, 2.24) is 9.62 Å². The molecule has 0 radical (unpaired) electrons. The molecule has 0 atom stereocenters. The third-order valence-electron chi connectivity index (χ3n) is 3.36. The fourth-order valence-electron chi connectivity index (χ4n) is 2.33. The predicted molar refractivity (Wildman–Crippen MR) is 89.0 cm³/mol. The molecule has 0 saturated carbocycles. The van der Waals surface area contributed by atoms with Crippen molar-refractivity contribution < 1.29 is 17.6 Å². The molecule has 0 unspecified atom stereocenters. The van der Waals surface area contributed by atoms with Crippen LogP contribution in [0.1, 0.15) is 32.8 Å². The fraction of sp³-hybridized carbons (Fsp3) is 0.562. The number of halogens is 1. The Labute approximate surface area is 137 Å². The Hall–Kier alpha value is -1.47. The fourth-order valence-corrected chi connectivity index (χ4v) is 3.75. The highest BCUT2D eigenvalue weighted by Crippen LogP contribution is 2.17. The molecule has 23 heavy (non-hydrogen) atoms. The monoisotopic (exact) mass is 344 g/mol. The van der Waals surface area contributed by atoms with Crippen molar-refractivity contribution in [3.05, 3.63) is 35.6 Å². The molecule has 1 amide bonds. The van der Waals surface area contributed by atoms with Crippen molar-refractivity contribution in [1.29, 1.82) is 0 Å². The summed E-state index contributed by atoms with van der Waals surface area (Å²) in [4.78, 5) is 11.9. The van der Waals surface area contributed by atoms with E-state index in [4.69, 9.17) is 0 Å². The van der Waals surface area contributed by atoms with Crippen LogP contribution in [-0.4, -0.2) is 43.5 Å². The average molecular weight is 344 g/mol. The first-order valence-electron chi connectivity index (χ1n) is 7.50. The highest BCUT2D eigenvalue weighted by Gasteiger charge is 2.29. The number of benzene rings is 1. The third-order valence-corrected chi connectivity index (χ3v) is 4.90. The average Bonchev–Trinajstić information content (AvgIpc) is 2.38. The zero-order valence-corrected chi connectivity index (χ0v) is 14.9. The lowest BCUT2D eigenvalue weighted by atomic mass is 10.1. The molecule has 0 spiro atoms. The molecule has 0 bridgehead atoms. The van der Waals surface area contributed by atoms with Crippen LogP contribution in [0.5, 0.6) is 0 Å². The Morgan fingerprint density at radius 1 is 1.26 bits per heavy atom. The predicted octanol–water partition coefficient (Wildman–Crippen LogP) is 1.93. The summed E-state index contributed by atoms with van der Waals surface area (Å²) in [7, 11) is -3.38. The van der Waals surface area contributed by atoms with Crippen LogP contribution in [0.4, 0.5) is 4.39 Å². The van der Waals surface area contributed by atoms with E-state index in [1.807, 2.05) is 0 Å². The number of amides is 1. The molecule has 0 heterocycles. The van der Waals surface area contributed by atoms with Crippen molar-refractivity contribution in [3.8, 4) is 0 Å². The second kappa shape index (κ2) is 7.88. The summed E-state index contributed by atoms with van der Waals surface area (Å²) in [5, 5.41) is 2.69. The van der Waals surface area contributed by atoms with Crippen LogP contribution in [0.3, 0.4) is 0 Å². The van der Waals surface area contributed by atoms with Gasteiger partial charge in [0.1, 0.15) is 5.82 Å². The Bertz CT molecular complexity index is 639. The van der Waals surface area contributed by atoms with Crippen LogP contribution in [0, 0.1) is 5.82 Å². The van der Waals surface area contributed by atoms with E-state index in [0.717, 1.165) is 6.26 Å². The van der Waals surface area contributed by atoms with E-state index in [0.29, 0.717) is 18.5 Å². The number of nitrogens with one attached hydrogen (secondary N) is 1. The molecule has 0 aliphatic carbocycles. The number of hydrogen-bond donors (Lipinski definition) is 1. The van der Waals surface area contributed by atoms with Gasteiger partial charge in [0.15, 0.2) is 0 Å². The van der Waals surface area contributed by atoms with Gasteiger partial charge in [-0.15, -0.1) is 0 Å². The summed E-state index contributed by atoms with van der Waals surface area (Å²) < 4.78 is 38.3. The molecular formula is C16H25FN2O3S. The van der Waals surface area contributed by atoms with Gasteiger partial charge in [0.25, 0.3) is 0 Å². The van der Waals surface area contributed by atoms with Gasteiger partial charge in [0.2, 0.25) is 15.9 Å². The lowest BCUT2D eigenvalue weighted by Crippen LogP contribution is -2.46. The van der Waals surface area contributed by atoms with E-state index in [1.54, 1.807) is 39.0 Å². The van der Waals surface area contributed by atoms with Gasteiger partial charge in [-0.25, -0.2) is 12.8 Å². The summed E-state index contributed by atoms with van der Waals surface area (Å²) in [5.74, 6) is -0.544. The first-order chi connectivity index (χ1) is 10.5. The van der Waals surface area contributed by atoms with Gasteiger partial charge in [-0.2, -0.15) is 4.31 Å². The van der Waals surface area contributed by atoms with E-state index < -0.39 is 15.6 Å². The normalized spacial score (nSPS) is 12.4. The molecule has 0 aromatic heterocycles. The minimum absolute atomic E-state index is 0.0710. The largest absolute Gasteiger partial charge is 0.356 e. The lowest BCUT2D eigenvalue weighted by Gasteiger charge is -2.33. The number of carbonyl (C=O) groups excluding carboxylic acids is 1. The lowest BCUT2D eigenvalue weighted by molar-refractivity contribution is -0.121. The quantitative estimate of drug-likeness (QED) is 0.822. The highest BCUT2D eigenvalue weighted by atomic mass is 32.2. The molecule has 1 aromatic carbocycles. The minimum atomic E-state index is -3.38. The molecule has 7 heteroatoms. The summed E-state index contributed by atoms with van der Waals surface area (Å²) in [5.41, 5.74) is -0.0404. The molecule has 1 N–H and O–H groups in total. The molecule has 0 saturated heterocycles. The molecular weight excluding hydrogens is 319 g/mol. The van der Waals surface area contributed by atoms with Crippen molar-refractivity contribution >= 4 is 15.9 Å². The minimum Gasteiger partial charge on any atom is -0.356 e. The van der Waals surface area contributed by atoms with Crippen LogP contribution in [0.25, 0.3) is 0 Å². The first-order valence-corrected chi connectivity index (χ1v) is 9.34. The maximum absolute atomic E-state index is 13.4. The number of sulfonamides is 1. The number of hydrogen-bond acceptors (Lipinski definition) is 3. The Morgan fingerprint density at radius 2 is 1.87 bits per heavy atom. The van der Waals surface area contributed by atoms with Crippen molar-refractivity contribution in [2.24, 2.45) is 0 Å². The van der Waals surface area contributed by atoms with Gasteiger partial charge in [0, 0.05) is 25.0 Å². The van der Waals surface area contributed by atoms with E-state index in [-0.39, 0.29) is 24.7 Å². The molecule has 0 aliphatic rings. The maximum atomic E-state index is 13.4. The molecule has 5 nitrogen and oxygen atoms in total. The molecule has 1 aromatic rings. The van der Waals surface area contributed by atoms with Crippen molar-refractivity contribution in [2.75, 3.05) is 19.3 Å². The number of rotatable bonds is 7. The van der Waals surface area contributed by atoms with Gasteiger partial charge in [-0.3, -0.25) is 4.79 Å². The first kappa shape index (κ1) is 19.6. The second-order valence-corrected chi connectivity index (χ2v) is 8.35. The number of carbonyl (C=O) groups is 1. The van der Waals surface area contributed by atoms with E-state index >= 15 is 0 Å². The Balaban J connectivity index is 2.46. The topological polar surface area (TPSA) is 66.5 Å². The van der Waals surface area contributed by atoms with Crippen LogP contribution in [0.15, 0.2) is 24.3 Å². The molecule has 0 aliphatic heterocycles. The molecule has 130 valence electrons. The third kappa shape index (κ3) is 6.66. The van der Waals surface area contributed by atoms with Crippen LogP contribution < -0.4 is 5.32 Å². The Morgan fingerprint density at radius 3 is 2.39 bits per heavy atom. The van der Waals surface area contributed by atoms with E-state index in [9.17, 15) is 17.6 Å². The standard InChI is InChI=1S/C16H25FN2O3S/c1-16(2,3)19(23(4,21)22)12-10-15(20)18-11-9-13-7-5-6-8-14(13)17/h5-8H,9-12H2,1-4H3,(H,18,20). The van der Waals surface area contributed by atoms with Crippen LogP contribution in [-0.2, 0) is 21.2 Å². The van der Waals surface area contributed by atoms with Gasteiger partial charge in [-0.05, 0) is 38.8 Å². The van der Waals surface area contributed by atoms with Gasteiger partial charge in [-0.1, -0.05) is 18.2 Å². The van der Waals surface area contributed by atoms with E-state index in [2.05, 4.69) is 5.32 Å². The highest BCUT2D eigenvalue weighted by molar-refractivity contribution is 7.88. The van der Waals surface area contributed by atoms with Gasteiger partial charge in [0.05, 0.1) is 6.26 Å². The summed E-state index contributed by atoms with van der Waals surface area (Å²) >= 11 is 0. The van der Waals surface area contributed by atoms with Gasteiger partial charge < -0.3 is 5.32 Å². The van der Waals surface area contributed by atoms with Crippen LogP contribution >= 0.6 is 0 Å². The SMILES string of the molecule is CC(C)(C)N(CCC(=O)NCCc1ccccc1F)S(C)(=O)=O. The summed E-state index contributed by atoms with van der Waals surface area (Å²) in [6, 6.07) is 6.41. The summed E-state index contributed by atoms with van der Waals surface area (Å²) in [6.45, 7) is 5.78. The smallest absolute Gasteiger partial charge is 0.221 e. The Kier molecular flexibility index (Phi) is 6.70. The zero-order chi connectivity index (χ0) is 17.7. The van der Waals surface area contributed by atoms with Crippen molar-refractivity contribution in [3.63, 3.8) is 0 Å². The summed E-state index contributed by atoms with van der Waals surface area (Å²) in [6.07, 6.45) is 1.60. The van der Waals surface area contributed by atoms with Gasteiger partial charge >= 0.3 is 0 Å². The van der Waals surface area contributed by atoms with Crippen molar-refractivity contribution in [2.45, 2.75) is 39.2 Å². The molecule has 0 fully saturated rings. The second-order valence-electron chi connectivity index (χ2n) is 6.45. The molecule has 1 rings (SSSR count).